The highest BCUT2D eigenvalue weighted by atomic mass is 15.2. The second-order valence-electron chi connectivity index (χ2n) is 6.33. The van der Waals surface area contributed by atoms with Crippen LogP contribution in [-0.4, -0.2) is 6.04 Å². The molecule has 3 N–H and O–H groups in total. The van der Waals surface area contributed by atoms with E-state index in [-0.39, 0.29) is 0 Å². The molecule has 2 saturated carbocycles. The maximum Gasteiger partial charge on any atom is 0.0213 e. The van der Waals surface area contributed by atoms with Crippen LogP contribution in [0.15, 0.2) is 0 Å². The zero-order valence-corrected chi connectivity index (χ0v) is 11.3. The minimum absolute atomic E-state index is 0.582. The van der Waals surface area contributed by atoms with Gasteiger partial charge >= 0.3 is 0 Å². The molecule has 2 nitrogen and oxygen atoms in total. The molecule has 0 bridgehead atoms. The van der Waals surface area contributed by atoms with Gasteiger partial charge in [0.1, 0.15) is 0 Å². The minimum atomic E-state index is 0.582. The number of hydrogen-bond acceptors (Lipinski definition) is 2. The number of nitrogens with one attached hydrogen (secondary N) is 1. The van der Waals surface area contributed by atoms with Crippen LogP contribution in [0.4, 0.5) is 0 Å². The first kappa shape index (κ1) is 13.4. The van der Waals surface area contributed by atoms with Gasteiger partial charge in [0.15, 0.2) is 0 Å². The molecule has 0 spiro atoms. The molecule has 0 aliphatic heterocycles. The molecule has 100 valence electrons. The van der Waals surface area contributed by atoms with Gasteiger partial charge in [-0.1, -0.05) is 57.8 Å². The maximum atomic E-state index is 5.72. The summed E-state index contributed by atoms with van der Waals surface area (Å²) in [6.07, 6.45) is 17.2. The fraction of sp³-hybridized carbons (Fsp3) is 1.00. The molecule has 17 heavy (non-hydrogen) atoms. The Morgan fingerprint density at radius 1 is 0.882 bits per heavy atom. The quantitative estimate of drug-likeness (QED) is 0.546. The average molecular weight is 238 g/mol. The Kier molecular flexibility index (Phi) is 5.79. The molecule has 2 heteroatoms. The van der Waals surface area contributed by atoms with Gasteiger partial charge in [-0.25, -0.2) is 0 Å². The van der Waals surface area contributed by atoms with Crippen molar-refractivity contribution >= 4 is 0 Å². The zero-order chi connectivity index (χ0) is 11.9. The van der Waals surface area contributed by atoms with Crippen molar-refractivity contribution in [2.75, 3.05) is 0 Å². The lowest BCUT2D eigenvalue weighted by Gasteiger charge is -2.26. The summed E-state index contributed by atoms with van der Waals surface area (Å²) in [5.74, 6) is 7.69. The van der Waals surface area contributed by atoms with Crippen LogP contribution in [0.25, 0.3) is 0 Å². The zero-order valence-electron chi connectivity index (χ0n) is 11.3. The third-order valence-electron chi connectivity index (χ3n) is 4.98. The van der Waals surface area contributed by atoms with Crippen LogP contribution in [0.3, 0.4) is 0 Å². The normalized spacial score (nSPS) is 25.2. The molecule has 2 rings (SSSR count). The summed E-state index contributed by atoms with van der Waals surface area (Å²) in [4.78, 5) is 0. The van der Waals surface area contributed by atoms with Gasteiger partial charge < -0.3 is 0 Å². The summed E-state index contributed by atoms with van der Waals surface area (Å²) in [5, 5.41) is 0. The molecule has 0 saturated heterocycles. The fourth-order valence-electron chi connectivity index (χ4n) is 3.83. The van der Waals surface area contributed by atoms with E-state index in [9.17, 15) is 0 Å². The Morgan fingerprint density at radius 3 is 2.12 bits per heavy atom. The van der Waals surface area contributed by atoms with Crippen molar-refractivity contribution in [3.8, 4) is 0 Å². The van der Waals surface area contributed by atoms with Crippen molar-refractivity contribution < 1.29 is 0 Å². The van der Waals surface area contributed by atoms with Crippen LogP contribution in [0, 0.1) is 11.8 Å². The van der Waals surface area contributed by atoms with Crippen molar-refractivity contribution in [1.82, 2.24) is 5.43 Å². The van der Waals surface area contributed by atoms with Gasteiger partial charge in [0.05, 0.1) is 0 Å². The van der Waals surface area contributed by atoms with Gasteiger partial charge in [-0.3, -0.25) is 11.3 Å². The van der Waals surface area contributed by atoms with E-state index in [0.29, 0.717) is 6.04 Å². The standard InChI is InChI=1S/C15H30N2/c16-17-15(11-10-13-6-4-5-7-13)12-14-8-2-1-3-9-14/h13-15,17H,1-12,16H2. The Hall–Kier alpha value is -0.0800. The molecule has 0 amide bonds. The van der Waals surface area contributed by atoms with Gasteiger partial charge in [0, 0.05) is 6.04 Å². The van der Waals surface area contributed by atoms with Crippen molar-refractivity contribution in [2.24, 2.45) is 17.7 Å². The first-order valence-corrected chi connectivity index (χ1v) is 7.84. The van der Waals surface area contributed by atoms with Gasteiger partial charge in [-0.05, 0) is 31.1 Å². The van der Waals surface area contributed by atoms with Crippen molar-refractivity contribution in [2.45, 2.75) is 83.1 Å². The smallest absolute Gasteiger partial charge is 0.0213 e. The lowest BCUT2D eigenvalue weighted by molar-refractivity contribution is 0.282. The molecule has 0 aromatic rings. The largest absolute Gasteiger partial charge is 0.271 e. The Labute approximate surface area is 107 Å². The van der Waals surface area contributed by atoms with E-state index >= 15 is 0 Å². The predicted octanol–water partition coefficient (Wildman–Crippen LogP) is 3.76. The molecule has 1 atom stereocenters. The molecule has 0 aromatic carbocycles. The lowest BCUT2D eigenvalue weighted by atomic mass is 9.83. The van der Waals surface area contributed by atoms with E-state index < -0.39 is 0 Å². The monoisotopic (exact) mass is 238 g/mol. The van der Waals surface area contributed by atoms with Crippen molar-refractivity contribution in [3.05, 3.63) is 0 Å². The first-order chi connectivity index (χ1) is 8.38. The molecule has 1 unspecified atom stereocenters. The second kappa shape index (κ2) is 7.38. The molecule has 2 aliphatic carbocycles. The summed E-state index contributed by atoms with van der Waals surface area (Å²) in [6.45, 7) is 0. The van der Waals surface area contributed by atoms with E-state index in [2.05, 4.69) is 5.43 Å². The van der Waals surface area contributed by atoms with E-state index in [1.54, 1.807) is 0 Å². The van der Waals surface area contributed by atoms with E-state index in [1.165, 1.54) is 77.0 Å². The van der Waals surface area contributed by atoms with Crippen LogP contribution >= 0.6 is 0 Å². The molecular formula is C15H30N2. The van der Waals surface area contributed by atoms with Gasteiger partial charge in [0.25, 0.3) is 0 Å². The summed E-state index contributed by atoms with van der Waals surface area (Å²) in [6, 6.07) is 0.582. The van der Waals surface area contributed by atoms with Crippen molar-refractivity contribution in [3.63, 3.8) is 0 Å². The highest BCUT2D eigenvalue weighted by molar-refractivity contribution is 4.76. The molecular weight excluding hydrogens is 208 g/mol. The first-order valence-electron chi connectivity index (χ1n) is 7.84. The van der Waals surface area contributed by atoms with Crippen LogP contribution in [0.1, 0.15) is 77.0 Å². The Bertz CT molecular complexity index is 193. The number of nitrogens with two attached hydrogens (primary N) is 1. The van der Waals surface area contributed by atoms with Gasteiger partial charge in [-0.15, -0.1) is 0 Å². The second-order valence-corrected chi connectivity index (χ2v) is 6.33. The minimum Gasteiger partial charge on any atom is -0.271 e. The third-order valence-corrected chi connectivity index (χ3v) is 4.98. The number of hydrogen-bond donors (Lipinski definition) is 2. The highest BCUT2D eigenvalue weighted by Crippen LogP contribution is 2.31. The summed E-state index contributed by atoms with van der Waals surface area (Å²) in [7, 11) is 0. The van der Waals surface area contributed by atoms with Crippen LogP contribution in [0.2, 0.25) is 0 Å². The maximum absolute atomic E-state index is 5.72. The molecule has 0 radical (unpaired) electrons. The summed E-state index contributed by atoms with van der Waals surface area (Å²) in [5.41, 5.74) is 3.07. The average Bonchev–Trinajstić information content (AvgIpc) is 2.89. The lowest BCUT2D eigenvalue weighted by Crippen LogP contribution is -2.37. The Balaban J connectivity index is 1.64. The molecule has 2 fully saturated rings. The molecule has 0 heterocycles. The predicted molar refractivity (Wildman–Crippen MR) is 73.5 cm³/mol. The Morgan fingerprint density at radius 2 is 1.47 bits per heavy atom. The summed E-state index contributed by atoms with van der Waals surface area (Å²) >= 11 is 0. The van der Waals surface area contributed by atoms with Gasteiger partial charge in [0.2, 0.25) is 0 Å². The van der Waals surface area contributed by atoms with Crippen LogP contribution < -0.4 is 11.3 Å². The van der Waals surface area contributed by atoms with E-state index in [1.807, 2.05) is 0 Å². The molecule has 2 aliphatic rings. The van der Waals surface area contributed by atoms with E-state index in [4.69, 9.17) is 5.84 Å². The van der Waals surface area contributed by atoms with Crippen molar-refractivity contribution in [1.29, 1.82) is 0 Å². The third kappa shape index (κ3) is 4.59. The van der Waals surface area contributed by atoms with Crippen LogP contribution in [-0.2, 0) is 0 Å². The fourth-order valence-corrected chi connectivity index (χ4v) is 3.83. The van der Waals surface area contributed by atoms with Gasteiger partial charge in [-0.2, -0.15) is 0 Å². The number of rotatable bonds is 6. The SMILES string of the molecule is NNC(CCC1CCCC1)CC1CCCCC1. The van der Waals surface area contributed by atoms with Crippen LogP contribution in [0.5, 0.6) is 0 Å². The van der Waals surface area contributed by atoms with E-state index in [0.717, 1.165) is 11.8 Å². The summed E-state index contributed by atoms with van der Waals surface area (Å²) < 4.78 is 0. The number of hydrazine groups is 1. The molecule has 0 aromatic heterocycles. The highest BCUT2D eigenvalue weighted by Gasteiger charge is 2.20. The topological polar surface area (TPSA) is 38.0 Å².